The topological polar surface area (TPSA) is 32.8 Å². The first-order valence-corrected chi connectivity index (χ1v) is 8.43. The van der Waals surface area contributed by atoms with Crippen LogP contribution in [0.3, 0.4) is 0 Å². The zero-order valence-corrected chi connectivity index (χ0v) is 13.9. The van der Waals surface area contributed by atoms with Crippen LogP contribution in [-0.4, -0.2) is 43.6 Å². The lowest BCUT2D eigenvalue weighted by Gasteiger charge is -2.28. The number of anilines is 1. The third-order valence-electron chi connectivity index (χ3n) is 4.48. The highest BCUT2D eigenvalue weighted by molar-refractivity contribution is 9.10. The number of halogens is 1. The smallest absolute Gasteiger partial charge is 0.214 e. The highest BCUT2D eigenvalue weighted by Crippen LogP contribution is 2.39. The van der Waals surface area contributed by atoms with Gasteiger partial charge in [0.15, 0.2) is 0 Å². The molecule has 0 N–H and O–H groups in total. The highest BCUT2D eigenvalue weighted by atomic mass is 79.9. The summed E-state index contributed by atoms with van der Waals surface area (Å²) in [7, 11) is 0. The number of carbonyl (C=O) groups is 1. The molecule has 2 aliphatic heterocycles. The number of amides is 1. The first-order valence-electron chi connectivity index (χ1n) is 7.64. The number of likely N-dealkylation sites (N-methyl/N-ethyl adjacent to an activating group) is 1. The van der Waals surface area contributed by atoms with E-state index in [-0.39, 0.29) is 0 Å². The summed E-state index contributed by atoms with van der Waals surface area (Å²) >= 11 is 3.54. The molecule has 0 radical (unpaired) electrons. The Labute approximate surface area is 134 Å². The molecule has 1 saturated heterocycles. The number of nitrogens with zero attached hydrogens (tertiary/aromatic N) is 2. The molecule has 1 amide bonds. The summed E-state index contributed by atoms with van der Waals surface area (Å²) < 4.78 is 6.76. The van der Waals surface area contributed by atoms with Crippen molar-refractivity contribution < 1.29 is 9.53 Å². The molecule has 21 heavy (non-hydrogen) atoms. The molecule has 2 aliphatic rings. The van der Waals surface area contributed by atoms with Crippen molar-refractivity contribution in [3.8, 4) is 5.75 Å². The molecular formula is C16H21BrN2O2. The van der Waals surface area contributed by atoms with Crippen LogP contribution in [0, 0.1) is 0 Å². The van der Waals surface area contributed by atoms with Crippen LogP contribution in [0.4, 0.5) is 5.69 Å². The summed E-state index contributed by atoms with van der Waals surface area (Å²) in [5.41, 5.74) is 2.08. The normalized spacial score (nSPS) is 21.1. The summed E-state index contributed by atoms with van der Waals surface area (Å²) in [6.45, 7) is 5.81. The van der Waals surface area contributed by atoms with Crippen molar-refractivity contribution in [2.75, 3.05) is 31.1 Å². The van der Waals surface area contributed by atoms with Gasteiger partial charge in [0.2, 0.25) is 6.41 Å². The third kappa shape index (κ3) is 2.94. The number of likely N-dealkylation sites (tertiary alicyclic amines) is 1. The minimum absolute atomic E-state index is 0.455. The van der Waals surface area contributed by atoms with Crippen molar-refractivity contribution in [3.63, 3.8) is 0 Å². The van der Waals surface area contributed by atoms with Crippen molar-refractivity contribution in [1.29, 1.82) is 0 Å². The molecular weight excluding hydrogens is 332 g/mol. The Bertz CT molecular complexity index is 535. The van der Waals surface area contributed by atoms with Crippen LogP contribution in [-0.2, 0) is 11.2 Å². The monoisotopic (exact) mass is 352 g/mol. The van der Waals surface area contributed by atoms with E-state index in [0.29, 0.717) is 12.6 Å². The SMILES string of the molecule is CCN1CCCC1CN(C=O)c1cc(Br)cc2c1OCC2. The van der Waals surface area contributed by atoms with E-state index in [1.54, 1.807) is 0 Å². The van der Waals surface area contributed by atoms with Gasteiger partial charge in [-0.05, 0) is 38.1 Å². The van der Waals surface area contributed by atoms with Gasteiger partial charge in [-0.25, -0.2) is 0 Å². The maximum absolute atomic E-state index is 11.6. The van der Waals surface area contributed by atoms with Crippen LogP contribution in [0.2, 0.25) is 0 Å². The van der Waals surface area contributed by atoms with Crippen LogP contribution in [0.25, 0.3) is 0 Å². The number of carbonyl (C=O) groups excluding carboxylic acids is 1. The van der Waals surface area contributed by atoms with Gasteiger partial charge in [0, 0.05) is 29.0 Å². The van der Waals surface area contributed by atoms with Crippen LogP contribution >= 0.6 is 15.9 Å². The van der Waals surface area contributed by atoms with Crippen LogP contribution in [0.15, 0.2) is 16.6 Å². The zero-order valence-electron chi connectivity index (χ0n) is 12.3. The van der Waals surface area contributed by atoms with Crippen molar-refractivity contribution >= 4 is 28.0 Å². The fraction of sp³-hybridized carbons (Fsp3) is 0.562. The Balaban J connectivity index is 1.85. The fourth-order valence-corrected chi connectivity index (χ4v) is 3.90. The molecule has 1 aromatic rings. The molecule has 0 spiro atoms. The number of rotatable bonds is 5. The van der Waals surface area contributed by atoms with E-state index in [4.69, 9.17) is 4.74 Å². The van der Waals surface area contributed by atoms with E-state index in [0.717, 1.165) is 54.8 Å². The maximum Gasteiger partial charge on any atom is 0.214 e. The van der Waals surface area contributed by atoms with Crippen LogP contribution in [0.1, 0.15) is 25.3 Å². The van der Waals surface area contributed by atoms with Gasteiger partial charge in [-0.1, -0.05) is 22.9 Å². The molecule has 1 unspecified atom stereocenters. The molecule has 3 rings (SSSR count). The molecule has 5 heteroatoms. The van der Waals surface area contributed by atoms with Gasteiger partial charge >= 0.3 is 0 Å². The van der Waals surface area contributed by atoms with Crippen molar-refractivity contribution in [1.82, 2.24) is 4.90 Å². The summed E-state index contributed by atoms with van der Waals surface area (Å²) in [6, 6.07) is 4.53. The number of hydrogen-bond acceptors (Lipinski definition) is 3. The Kier molecular flexibility index (Phi) is 4.50. The average Bonchev–Trinajstić information content (AvgIpc) is 3.11. The van der Waals surface area contributed by atoms with Crippen molar-refractivity contribution in [3.05, 3.63) is 22.2 Å². The Morgan fingerprint density at radius 2 is 2.38 bits per heavy atom. The maximum atomic E-state index is 11.6. The summed E-state index contributed by atoms with van der Waals surface area (Å²) in [4.78, 5) is 15.9. The Morgan fingerprint density at radius 3 is 3.14 bits per heavy atom. The number of fused-ring (bicyclic) bond motifs is 1. The second kappa shape index (κ2) is 6.36. The van der Waals surface area contributed by atoms with Gasteiger partial charge in [-0.3, -0.25) is 9.69 Å². The lowest BCUT2D eigenvalue weighted by Crippen LogP contribution is -2.40. The molecule has 0 aliphatic carbocycles. The largest absolute Gasteiger partial charge is 0.491 e. The molecule has 0 bridgehead atoms. The van der Waals surface area contributed by atoms with Gasteiger partial charge in [0.05, 0.1) is 12.3 Å². The highest BCUT2D eigenvalue weighted by Gasteiger charge is 2.28. The summed E-state index contributed by atoms with van der Waals surface area (Å²) in [6.07, 6.45) is 4.24. The lowest BCUT2D eigenvalue weighted by atomic mass is 10.1. The first-order chi connectivity index (χ1) is 10.2. The van der Waals surface area contributed by atoms with Gasteiger partial charge in [-0.2, -0.15) is 0 Å². The molecule has 0 saturated carbocycles. The van der Waals surface area contributed by atoms with E-state index in [2.05, 4.69) is 33.8 Å². The summed E-state index contributed by atoms with van der Waals surface area (Å²) in [5, 5.41) is 0. The van der Waals surface area contributed by atoms with Gasteiger partial charge in [0.25, 0.3) is 0 Å². The standard InChI is InChI=1S/C16H21BrN2O2/c1-2-18-6-3-4-14(18)10-19(11-20)15-9-13(17)8-12-5-7-21-16(12)15/h8-9,11,14H,2-7,10H2,1H3. The number of benzene rings is 1. The van der Waals surface area contributed by atoms with Gasteiger partial charge < -0.3 is 9.64 Å². The number of ether oxygens (including phenoxy) is 1. The Hall–Kier alpha value is -1.07. The van der Waals surface area contributed by atoms with E-state index < -0.39 is 0 Å². The quantitative estimate of drug-likeness (QED) is 0.764. The Morgan fingerprint density at radius 1 is 1.52 bits per heavy atom. The predicted octanol–water partition coefficient (Wildman–Crippen LogP) is 2.83. The van der Waals surface area contributed by atoms with E-state index in [1.165, 1.54) is 12.0 Å². The van der Waals surface area contributed by atoms with E-state index in [1.807, 2.05) is 11.0 Å². The fourth-order valence-electron chi connectivity index (χ4n) is 3.41. The lowest BCUT2D eigenvalue weighted by molar-refractivity contribution is -0.107. The molecule has 2 heterocycles. The molecule has 0 aromatic heterocycles. The zero-order chi connectivity index (χ0) is 14.8. The number of hydrogen-bond donors (Lipinski definition) is 0. The van der Waals surface area contributed by atoms with Gasteiger partial charge in [0.1, 0.15) is 5.75 Å². The minimum atomic E-state index is 0.455. The second-order valence-corrected chi connectivity index (χ2v) is 6.61. The second-order valence-electron chi connectivity index (χ2n) is 5.69. The predicted molar refractivity (Wildman–Crippen MR) is 87.0 cm³/mol. The first kappa shape index (κ1) is 14.9. The van der Waals surface area contributed by atoms with Gasteiger partial charge in [-0.15, -0.1) is 0 Å². The van der Waals surface area contributed by atoms with E-state index >= 15 is 0 Å². The molecule has 1 aromatic carbocycles. The molecule has 1 atom stereocenters. The van der Waals surface area contributed by atoms with E-state index in [9.17, 15) is 4.79 Å². The molecule has 114 valence electrons. The van der Waals surface area contributed by atoms with Crippen LogP contribution in [0.5, 0.6) is 5.75 Å². The van der Waals surface area contributed by atoms with Crippen molar-refractivity contribution in [2.24, 2.45) is 0 Å². The molecule has 4 nitrogen and oxygen atoms in total. The summed E-state index contributed by atoms with van der Waals surface area (Å²) in [5.74, 6) is 0.881. The third-order valence-corrected chi connectivity index (χ3v) is 4.94. The average molecular weight is 353 g/mol. The minimum Gasteiger partial charge on any atom is -0.491 e. The van der Waals surface area contributed by atoms with Crippen molar-refractivity contribution in [2.45, 2.75) is 32.2 Å². The molecule has 1 fully saturated rings. The van der Waals surface area contributed by atoms with Crippen LogP contribution < -0.4 is 9.64 Å².